The Balaban J connectivity index is 2.54. The summed E-state index contributed by atoms with van der Waals surface area (Å²) >= 11 is 0. The first kappa shape index (κ1) is 10.9. The van der Waals surface area contributed by atoms with Gasteiger partial charge in [0.05, 0.1) is 5.25 Å². The van der Waals surface area contributed by atoms with Crippen LogP contribution in [0.5, 0.6) is 0 Å². The monoisotopic (exact) mass is 206 g/mol. The third-order valence-corrected chi connectivity index (χ3v) is 4.22. The zero-order valence-corrected chi connectivity index (χ0v) is 8.81. The minimum atomic E-state index is -2.89. The number of hydrogen-bond donors (Lipinski definition) is 2. The number of nitrogens with two attached hydrogens (primary N) is 1. The van der Waals surface area contributed by atoms with Crippen molar-refractivity contribution in [1.29, 1.82) is 0 Å². The number of hydrogen-bond acceptors (Lipinski definition) is 4. The van der Waals surface area contributed by atoms with E-state index in [2.05, 4.69) is 5.32 Å². The van der Waals surface area contributed by atoms with Gasteiger partial charge < -0.3 is 11.1 Å². The summed E-state index contributed by atoms with van der Waals surface area (Å²) in [5, 5.41) is 2.99. The predicted octanol–water partition coefficient (Wildman–Crippen LogP) is -0.500. The first-order valence-electron chi connectivity index (χ1n) is 4.68. The van der Waals surface area contributed by atoms with Crippen molar-refractivity contribution in [1.82, 2.24) is 5.32 Å². The fourth-order valence-corrected chi connectivity index (χ4v) is 3.36. The average molecular weight is 206 g/mol. The number of nitrogens with one attached hydrogen (secondary N) is 1. The maximum Gasteiger partial charge on any atom is 0.151 e. The Hall–Kier alpha value is -0.130. The fraction of sp³-hybridized carbons (Fsp3) is 1.00. The summed E-state index contributed by atoms with van der Waals surface area (Å²) in [6.07, 6.45) is 4.07. The Morgan fingerprint density at radius 3 is 2.69 bits per heavy atom. The lowest BCUT2D eigenvalue weighted by molar-refractivity contribution is 0.513. The predicted molar refractivity (Wildman–Crippen MR) is 53.3 cm³/mol. The van der Waals surface area contributed by atoms with Crippen LogP contribution in [0, 0.1) is 0 Å². The van der Waals surface area contributed by atoms with Gasteiger partial charge in [0.2, 0.25) is 0 Å². The molecule has 1 rings (SSSR count). The summed E-state index contributed by atoms with van der Waals surface area (Å²) < 4.78 is 22.7. The Bertz CT molecular complexity index is 251. The van der Waals surface area contributed by atoms with Crippen LogP contribution >= 0.6 is 0 Å². The second kappa shape index (κ2) is 4.39. The van der Waals surface area contributed by atoms with Crippen LogP contribution in [0.15, 0.2) is 0 Å². The van der Waals surface area contributed by atoms with E-state index in [9.17, 15) is 8.42 Å². The zero-order chi connectivity index (χ0) is 9.90. The molecule has 0 aromatic carbocycles. The minimum absolute atomic E-state index is 0.124. The van der Waals surface area contributed by atoms with Crippen LogP contribution in [0.3, 0.4) is 0 Å². The van der Waals surface area contributed by atoms with Crippen molar-refractivity contribution in [3.8, 4) is 0 Å². The molecular formula is C8H18N2O2S. The summed E-state index contributed by atoms with van der Waals surface area (Å²) in [4.78, 5) is 0. The van der Waals surface area contributed by atoms with Crippen LogP contribution in [0.25, 0.3) is 0 Å². The molecule has 13 heavy (non-hydrogen) atoms. The highest BCUT2D eigenvalue weighted by Gasteiger charge is 2.33. The third-order valence-electron chi connectivity index (χ3n) is 2.55. The second-order valence-corrected chi connectivity index (χ2v) is 5.91. The summed E-state index contributed by atoms with van der Waals surface area (Å²) in [6, 6.07) is 0.124. The summed E-state index contributed by atoms with van der Waals surface area (Å²) in [7, 11) is -2.89. The standard InChI is InChI=1S/C8H18N2O2S/c1-13(11,12)8-4-2-3-7(8)10-6-5-9/h7-8,10H,2-6,9H2,1H3. The molecule has 0 spiro atoms. The van der Waals surface area contributed by atoms with Crippen LogP contribution in [0.1, 0.15) is 19.3 Å². The van der Waals surface area contributed by atoms with Crippen LogP contribution in [-0.4, -0.2) is 39.1 Å². The quantitative estimate of drug-likeness (QED) is 0.650. The maximum atomic E-state index is 11.3. The molecule has 5 heteroatoms. The lowest BCUT2D eigenvalue weighted by Gasteiger charge is -2.18. The van der Waals surface area contributed by atoms with Crippen molar-refractivity contribution in [3.63, 3.8) is 0 Å². The van der Waals surface area contributed by atoms with Crippen molar-refractivity contribution in [2.45, 2.75) is 30.6 Å². The number of sulfone groups is 1. The largest absolute Gasteiger partial charge is 0.329 e. The molecule has 2 atom stereocenters. The molecule has 0 saturated heterocycles. The van der Waals surface area contributed by atoms with Crippen LogP contribution in [-0.2, 0) is 9.84 Å². The van der Waals surface area contributed by atoms with Gasteiger partial charge in [0.1, 0.15) is 0 Å². The van der Waals surface area contributed by atoms with E-state index in [4.69, 9.17) is 5.73 Å². The maximum absolute atomic E-state index is 11.3. The molecule has 1 aliphatic rings. The van der Waals surface area contributed by atoms with Crippen molar-refractivity contribution in [3.05, 3.63) is 0 Å². The fourth-order valence-electron chi connectivity index (χ4n) is 1.94. The molecule has 2 unspecified atom stereocenters. The van der Waals surface area contributed by atoms with Gasteiger partial charge in [-0.2, -0.15) is 0 Å². The van der Waals surface area contributed by atoms with Gasteiger partial charge in [-0.05, 0) is 12.8 Å². The SMILES string of the molecule is CS(=O)(=O)C1CCCC1NCCN. The molecule has 1 saturated carbocycles. The van der Waals surface area contributed by atoms with Gasteiger partial charge in [0.15, 0.2) is 9.84 Å². The Kier molecular flexibility index (Phi) is 3.70. The van der Waals surface area contributed by atoms with Gasteiger partial charge in [-0.3, -0.25) is 0 Å². The lowest BCUT2D eigenvalue weighted by atomic mass is 10.2. The van der Waals surface area contributed by atoms with Crippen molar-refractivity contribution < 1.29 is 8.42 Å². The molecule has 0 aromatic heterocycles. The van der Waals surface area contributed by atoms with Crippen LogP contribution in [0.4, 0.5) is 0 Å². The topological polar surface area (TPSA) is 72.2 Å². The highest BCUT2D eigenvalue weighted by molar-refractivity contribution is 7.91. The van der Waals surface area contributed by atoms with Crippen LogP contribution in [0.2, 0.25) is 0 Å². The van der Waals surface area contributed by atoms with Gasteiger partial charge in [0.25, 0.3) is 0 Å². The molecule has 1 fully saturated rings. The van der Waals surface area contributed by atoms with Gasteiger partial charge in [-0.15, -0.1) is 0 Å². The Morgan fingerprint density at radius 2 is 2.15 bits per heavy atom. The van der Waals surface area contributed by atoms with E-state index in [1.165, 1.54) is 6.26 Å². The van der Waals surface area contributed by atoms with Crippen molar-refractivity contribution in [2.24, 2.45) is 5.73 Å². The van der Waals surface area contributed by atoms with E-state index in [0.717, 1.165) is 19.3 Å². The van der Waals surface area contributed by atoms with Crippen molar-refractivity contribution in [2.75, 3.05) is 19.3 Å². The molecule has 0 aromatic rings. The zero-order valence-electron chi connectivity index (χ0n) is 7.99. The summed E-state index contributed by atoms with van der Waals surface area (Å²) in [5.41, 5.74) is 5.35. The molecular weight excluding hydrogens is 188 g/mol. The second-order valence-electron chi connectivity index (χ2n) is 3.65. The molecule has 0 amide bonds. The van der Waals surface area contributed by atoms with E-state index in [-0.39, 0.29) is 11.3 Å². The summed E-state index contributed by atoms with van der Waals surface area (Å²) in [6.45, 7) is 1.27. The van der Waals surface area contributed by atoms with Crippen molar-refractivity contribution >= 4 is 9.84 Å². The van der Waals surface area contributed by atoms with Gasteiger partial charge in [-0.1, -0.05) is 6.42 Å². The smallest absolute Gasteiger partial charge is 0.151 e. The Morgan fingerprint density at radius 1 is 1.46 bits per heavy atom. The van der Waals surface area contributed by atoms with E-state index in [1.807, 2.05) is 0 Å². The molecule has 1 aliphatic carbocycles. The Labute approximate surface area is 79.8 Å². The highest BCUT2D eigenvalue weighted by atomic mass is 32.2. The molecule has 0 radical (unpaired) electrons. The molecule has 0 bridgehead atoms. The normalized spacial score (nSPS) is 29.4. The molecule has 78 valence electrons. The van der Waals surface area contributed by atoms with Gasteiger partial charge in [-0.25, -0.2) is 8.42 Å². The van der Waals surface area contributed by atoms with Crippen LogP contribution < -0.4 is 11.1 Å². The lowest BCUT2D eigenvalue weighted by Crippen LogP contribution is -2.41. The molecule has 0 heterocycles. The molecule has 3 N–H and O–H groups in total. The first-order chi connectivity index (χ1) is 6.05. The van der Waals surface area contributed by atoms with Gasteiger partial charge >= 0.3 is 0 Å². The molecule has 4 nitrogen and oxygen atoms in total. The average Bonchev–Trinajstić information content (AvgIpc) is 2.47. The molecule has 0 aliphatic heterocycles. The highest BCUT2D eigenvalue weighted by Crippen LogP contribution is 2.24. The summed E-state index contributed by atoms with van der Waals surface area (Å²) in [5.74, 6) is 0. The van der Waals surface area contributed by atoms with E-state index < -0.39 is 9.84 Å². The number of rotatable bonds is 4. The first-order valence-corrected chi connectivity index (χ1v) is 6.63. The van der Waals surface area contributed by atoms with E-state index in [0.29, 0.717) is 13.1 Å². The van der Waals surface area contributed by atoms with E-state index in [1.54, 1.807) is 0 Å². The van der Waals surface area contributed by atoms with Gasteiger partial charge in [0, 0.05) is 25.4 Å². The minimum Gasteiger partial charge on any atom is -0.329 e. The van der Waals surface area contributed by atoms with E-state index >= 15 is 0 Å². The third kappa shape index (κ3) is 2.93.